The molecule has 13 heteroatoms. The largest absolute Gasteiger partial charge is 0.491 e. The van der Waals surface area contributed by atoms with E-state index in [1.807, 2.05) is 49.3 Å². The first-order valence-corrected chi connectivity index (χ1v) is 18.3. The average Bonchev–Trinajstić information content (AvgIpc) is 3.43. The first-order valence-electron chi connectivity index (χ1n) is 15.4. The highest BCUT2D eigenvalue weighted by molar-refractivity contribution is 7.89. The lowest BCUT2D eigenvalue weighted by atomic mass is 9.88. The molecule has 246 valence electrons. The van der Waals surface area contributed by atoms with E-state index in [1.165, 1.54) is 12.1 Å². The van der Waals surface area contributed by atoms with Crippen LogP contribution in [0, 0.1) is 0 Å². The van der Waals surface area contributed by atoms with Gasteiger partial charge in [-0.1, -0.05) is 36.4 Å². The Kier molecular flexibility index (Phi) is 10.8. The number of benzene rings is 3. The van der Waals surface area contributed by atoms with Crippen LogP contribution in [0.15, 0.2) is 76.5 Å². The molecule has 0 aromatic heterocycles. The first-order chi connectivity index (χ1) is 21.5. The second-order valence-electron chi connectivity index (χ2n) is 12.2. The Bertz CT molecular complexity index is 1660. The molecule has 45 heavy (non-hydrogen) atoms. The molecule has 1 spiro atoms. The number of nitrogens with one attached hydrogen (secondary N) is 2. The minimum Gasteiger partial charge on any atom is -0.491 e. The van der Waals surface area contributed by atoms with E-state index in [9.17, 15) is 21.9 Å². The molecule has 2 atom stereocenters. The maximum absolute atomic E-state index is 13.4. The fourth-order valence-electron chi connectivity index (χ4n) is 5.91. The van der Waals surface area contributed by atoms with Crippen LogP contribution in [0.2, 0.25) is 0 Å². The van der Waals surface area contributed by atoms with Crippen molar-refractivity contribution < 1.29 is 31.4 Å². The van der Waals surface area contributed by atoms with Crippen LogP contribution in [0.1, 0.15) is 25.7 Å². The molecule has 3 aromatic carbocycles. The van der Waals surface area contributed by atoms with Gasteiger partial charge < -0.3 is 24.8 Å². The predicted octanol–water partition coefficient (Wildman–Crippen LogP) is 2.41. The number of ether oxygens (including phenoxy) is 2. The topological polar surface area (TPSA) is 138 Å². The van der Waals surface area contributed by atoms with E-state index < -0.39 is 26.2 Å². The highest BCUT2D eigenvalue weighted by Crippen LogP contribution is 2.37. The van der Waals surface area contributed by atoms with Gasteiger partial charge in [0.05, 0.1) is 22.0 Å². The summed E-state index contributed by atoms with van der Waals surface area (Å²) in [6, 6.07) is 19.2. The number of aliphatic hydroxyl groups excluding tert-OH is 1. The number of hydrogen-bond acceptors (Lipinski definition) is 9. The number of fused-ring (bicyclic) bond motifs is 1. The molecule has 0 bridgehead atoms. The van der Waals surface area contributed by atoms with Crippen molar-refractivity contribution >= 4 is 30.8 Å². The first kappa shape index (κ1) is 33.7. The Hall–Kier alpha value is -2.62. The van der Waals surface area contributed by atoms with Crippen LogP contribution in [0.25, 0.3) is 10.8 Å². The van der Waals surface area contributed by atoms with Crippen LogP contribution in [-0.2, 0) is 24.8 Å². The zero-order chi connectivity index (χ0) is 32.1. The lowest BCUT2D eigenvalue weighted by molar-refractivity contribution is -0.0312. The number of piperidine rings is 1. The second kappa shape index (κ2) is 14.4. The lowest BCUT2D eigenvalue weighted by Gasteiger charge is -2.38. The molecule has 3 N–H and O–H groups in total. The van der Waals surface area contributed by atoms with Crippen molar-refractivity contribution in [3.63, 3.8) is 0 Å². The molecule has 2 heterocycles. The molecule has 0 saturated carbocycles. The predicted molar refractivity (Wildman–Crippen MR) is 173 cm³/mol. The van der Waals surface area contributed by atoms with Gasteiger partial charge in [-0.3, -0.25) is 0 Å². The third-order valence-corrected chi connectivity index (χ3v) is 11.8. The molecule has 0 radical (unpaired) electrons. The summed E-state index contributed by atoms with van der Waals surface area (Å²) in [5.41, 5.74) is -0.388. The fraction of sp³-hybridized carbons (Fsp3) is 0.500. The third kappa shape index (κ3) is 8.60. The summed E-state index contributed by atoms with van der Waals surface area (Å²) in [5.74, 6) is 0.360. The van der Waals surface area contributed by atoms with E-state index in [0.717, 1.165) is 23.7 Å². The normalized spacial score (nSPS) is 19.8. The van der Waals surface area contributed by atoms with Crippen molar-refractivity contribution in [1.82, 2.24) is 19.2 Å². The molecule has 2 aliphatic heterocycles. The standard InChI is InChI=1S/C32H44N4O7S2/c1-35(2)16-6-15-34-44(38,39)30-10-5-9-29(20-30)42-24-28(37)22-33-27-21-32(43-23-27)13-17-36(18-14-32)45(40,41)31-12-11-25-7-3-4-8-26(25)19-31/h3-5,7-12,19-20,27-28,33-34,37H,6,13-18,21-24H2,1-2H3. The van der Waals surface area contributed by atoms with Gasteiger partial charge in [0, 0.05) is 38.3 Å². The zero-order valence-corrected chi connectivity index (χ0v) is 27.5. The van der Waals surface area contributed by atoms with E-state index in [2.05, 4.69) is 10.0 Å². The number of hydrogen-bond donors (Lipinski definition) is 3. The van der Waals surface area contributed by atoms with Gasteiger partial charge in [-0.2, -0.15) is 4.31 Å². The third-order valence-electron chi connectivity index (χ3n) is 8.48. The van der Waals surface area contributed by atoms with Crippen LogP contribution >= 0.6 is 0 Å². The highest BCUT2D eigenvalue weighted by atomic mass is 32.2. The van der Waals surface area contributed by atoms with E-state index in [1.54, 1.807) is 28.6 Å². The van der Waals surface area contributed by atoms with E-state index >= 15 is 0 Å². The average molecular weight is 661 g/mol. The Morgan fingerprint density at radius 2 is 1.76 bits per heavy atom. The van der Waals surface area contributed by atoms with Crippen molar-refractivity contribution in [1.29, 1.82) is 0 Å². The Morgan fingerprint density at radius 1 is 1.00 bits per heavy atom. The quantitative estimate of drug-likeness (QED) is 0.223. The van der Waals surface area contributed by atoms with Gasteiger partial charge in [-0.05, 0) is 81.4 Å². The smallest absolute Gasteiger partial charge is 0.243 e. The maximum Gasteiger partial charge on any atom is 0.243 e. The summed E-state index contributed by atoms with van der Waals surface area (Å²) in [6.07, 6.45) is 1.81. The molecule has 2 unspecified atom stereocenters. The number of nitrogens with zero attached hydrogens (tertiary/aromatic N) is 2. The summed E-state index contributed by atoms with van der Waals surface area (Å²) in [5, 5.41) is 15.8. The molecule has 0 aliphatic carbocycles. The summed E-state index contributed by atoms with van der Waals surface area (Å²) in [4.78, 5) is 2.41. The van der Waals surface area contributed by atoms with E-state index in [0.29, 0.717) is 56.1 Å². The molecule has 2 aliphatic rings. The number of aliphatic hydroxyl groups is 1. The van der Waals surface area contributed by atoms with Crippen molar-refractivity contribution in [2.45, 2.75) is 53.2 Å². The lowest BCUT2D eigenvalue weighted by Crippen LogP contribution is -2.47. The molecule has 5 rings (SSSR count). The van der Waals surface area contributed by atoms with Gasteiger partial charge in [-0.25, -0.2) is 21.6 Å². The van der Waals surface area contributed by atoms with Crippen LogP contribution in [-0.4, -0.2) is 109 Å². The monoisotopic (exact) mass is 660 g/mol. The van der Waals surface area contributed by atoms with Crippen LogP contribution < -0.4 is 14.8 Å². The van der Waals surface area contributed by atoms with Crippen molar-refractivity contribution in [3.8, 4) is 5.75 Å². The van der Waals surface area contributed by atoms with Crippen LogP contribution in [0.4, 0.5) is 0 Å². The van der Waals surface area contributed by atoms with Gasteiger partial charge in [0.15, 0.2) is 0 Å². The summed E-state index contributed by atoms with van der Waals surface area (Å²) >= 11 is 0. The minimum absolute atomic E-state index is 0.00687. The molecular weight excluding hydrogens is 617 g/mol. The second-order valence-corrected chi connectivity index (χ2v) is 15.9. The highest BCUT2D eigenvalue weighted by Gasteiger charge is 2.44. The summed E-state index contributed by atoms with van der Waals surface area (Å²) in [6.45, 7) is 2.64. The van der Waals surface area contributed by atoms with Crippen molar-refractivity contribution in [2.24, 2.45) is 0 Å². The van der Waals surface area contributed by atoms with E-state index in [-0.39, 0.29) is 29.7 Å². The zero-order valence-electron chi connectivity index (χ0n) is 25.9. The minimum atomic E-state index is -3.66. The number of rotatable bonds is 14. The van der Waals surface area contributed by atoms with Crippen molar-refractivity contribution in [3.05, 3.63) is 66.7 Å². The van der Waals surface area contributed by atoms with Crippen molar-refractivity contribution in [2.75, 3.05) is 60.0 Å². The van der Waals surface area contributed by atoms with Crippen LogP contribution in [0.3, 0.4) is 0 Å². The molecule has 11 nitrogen and oxygen atoms in total. The molecule has 3 aromatic rings. The Balaban J connectivity index is 1.05. The molecule has 2 saturated heterocycles. The molecule has 2 fully saturated rings. The fourth-order valence-corrected chi connectivity index (χ4v) is 8.49. The summed E-state index contributed by atoms with van der Waals surface area (Å²) < 4.78 is 68.1. The van der Waals surface area contributed by atoms with Crippen LogP contribution in [0.5, 0.6) is 5.75 Å². The van der Waals surface area contributed by atoms with Gasteiger partial charge >= 0.3 is 0 Å². The maximum atomic E-state index is 13.4. The van der Waals surface area contributed by atoms with Gasteiger partial charge in [0.2, 0.25) is 20.0 Å². The Morgan fingerprint density at radius 3 is 2.51 bits per heavy atom. The summed E-state index contributed by atoms with van der Waals surface area (Å²) in [7, 11) is -3.40. The van der Waals surface area contributed by atoms with E-state index in [4.69, 9.17) is 9.47 Å². The van der Waals surface area contributed by atoms with Gasteiger partial charge in [0.25, 0.3) is 0 Å². The van der Waals surface area contributed by atoms with Gasteiger partial charge in [-0.15, -0.1) is 0 Å². The van der Waals surface area contributed by atoms with Gasteiger partial charge in [0.1, 0.15) is 18.5 Å². The molecular formula is C32H44N4O7S2. The SMILES string of the molecule is CN(C)CCCNS(=O)(=O)c1cccc(OCC(O)CNC2COC3(CCN(S(=O)(=O)c4ccc5ccccc5c4)CC3)C2)c1. The number of sulfonamides is 2. The Labute approximate surface area is 266 Å². The molecule has 0 amide bonds.